The van der Waals surface area contributed by atoms with Crippen LogP contribution in [-0.4, -0.2) is 56.2 Å². The monoisotopic (exact) mass is 220 g/mol. The predicted molar refractivity (Wildman–Crippen MR) is 49.9 cm³/mol. The van der Waals surface area contributed by atoms with Gasteiger partial charge in [-0.05, 0) is 12.5 Å². The number of ether oxygens (including phenoxy) is 1. The van der Waals surface area contributed by atoms with Crippen molar-refractivity contribution in [1.29, 1.82) is 0 Å². The van der Waals surface area contributed by atoms with Crippen molar-refractivity contribution in [2.24, 2.45) is 0 Å². The second kappa shape index (κ2) is 4.91. The molecule has 1 aliphatic heterocycles. The van der Waals surface area contributed by atoms with Crippen molar-refractivity contribution < 1.29 is 30.3 Å². The van der Waals surface area contributed by atoms with Gasteiger partial charge in [-0.1, -0.05) is 6.92 Å². The Balaban J connectivity index is 2.79. The molecular weight excluding hydrogens is 204 g/mol. The molecular formula is C9H16O6. The van der Waals surface area contributed by atoms with Gasteiger partial charge in [-0.15, -0.1) is 0 Å². The van der Waals surface area contributed by atoms with E-state index in [0.717, 1.165) is 0 Å². The average Bonchev–Trinajstić information content (AvgIpc) is 2.20. The second-order valence-electron chi connectivity index (χ2n) is 3.46. The van der Waals surface area contributed by atoms with E-state index in [0.29, 0.717) is 6.42 Å². The van der Waals surface area contributed by atoms with Gasteiger partial charge in [0.25, 0.3) is 0 Å². The molecule has 6 nitrogen and oxygen atoms in total. The topological polar surface area (TPSA) is 110 Å². The molecule has 0 amide bonds. The molecule has 88 valence electrons. The first-order chi connectivity index (χ1) is 6.99. The summed E-state index contributed by atoms with van der Waals surface area (Å²) in [6.45, 7) is 1.77. The number of rotatable bonds is 2. The van der Waals surface area contributed by atoms with Gasteiger partial charge in [0.15, 0.2) is 6.29 Å². The smallest absolute Gasteiger partial charge is 0.184 e. The van der Waals surface area contributed by atoms with E-state index in [4.69, 9.17) is 9.84 Å². The molecule has 15 heavy (non-hydrogen) atoms. The Bertz CT molecular complexity index is 241. The van der Waals surface area contributed by atoms with Crippen LogP contribution in [0.5, 0.6) is 0 Å². The zero-order chi connectivity index (χ0) is 11.6. The van der Waals surface area contributed by atoms with Crippen molar-refractivity contribution in [3.8, 4) is 0 Å². The van der Waals surface area contributed by atoms with Crippen LogP contribution in [0.1, 0.15) is 13.3 Å². The first-order valence-electron chi connectivity index (χ1n) is 4.75. The Kier molecular flexibility index (Phi) is 4.06. The van der Waals surface area contributed by atoms with E-state index < -0.39 is 30.7 Å². The fourth-order valence-electron chi connectivity index (χ4n) is 1.43. The summed E-state index contributed by atoms with van der Waals surface area (Å²) in [4.78, 5) is 0. The molecule has 0 aromatic heterocycles. The van der Waals surface area contributed by atoms with E-state index in [2.05, 4.69) is 0 Å². The first-order valence-corrected chi connectivity index (χ1v) is 4.75. The van der Waals surface area contributed by atoms with Crippen LogP contribution < -0.4 is 0 Å². The fraction of sp³-hybridized carbons (Fsp3) is 0.778. The zero-order valence-electron chi connectivity index (χ0n) is 8.32. The largest absolute Gasteiger partial charge is 0.510 e. The van der Waals surface area contributed by atoms with Crippen molar-refractivity contribution in [1.82, 2.24) is 0 Å². The summed E-state index contributed by atoms with van der Waals surface area (Å²) in [7, 11) is 0. The van der Waals surface area contributed by atoms with Gasteiger partial charge in [-0.3, -0.25) is 0 Å². The van der Waals surface area contributed by atoms with Crippen LogP contribution in [0.3, 0.4) is 0 Å². The van der Waals surface area contributed by atoms with Crippen molar-refractivity contribution in [2.45, 2.75) is 44.1 Å². The lowest BCUT2D eigenvalue weighted by Gasteiger charge is -2.37. The molecule has 0 saturated carbocycles. The summed E-state index contributed by atoms with van der Waals surface area (Å²) < 4.78 is 4.77. The highest BCUT2D eigenvalue weighted by molar-refractivity contribution is 5.06. The fourth-order valence-corrected chi connectivity index (χ4v) is 1.43. The molecule has 1 aliphatic rings. The van der Waals surface area contributed by atoms with Crippen LogP contribution in [0, 0.1) is 0 Å². The van der Waals surface area contributed by atoms with Crippen molar-refractivity contribution in [3.63, 3.8) is 0 Å². The third kappa shape index (κ3) is 2.47. The summed E-state index contributed by atoms with van der Waals surface area (Å²) >= 11 is 0. The van der Waals surface area contributed by atoms with Crippen molar-refractivity contribution >= 4 is 0 Å². The predicted octanol–water partition coefficient (Wildman–Crippen LogP) is -1.36. The van der Waals surface area contributed by atoms with E-state index >= 15 is 0 Å². The Morgan fingerprint density at radius 3 is 2.27 bits per heavy atom. The minimum Gasteiger partial charge on any atom is -0.510 e. The summed E-state index contributed by atoms with van der Waals surface area (Å²) in [5.41, 5.74) is 0. The summed E-state index contributed by atoms with van der Waals surface area (Å²) in [5, 5.41) is 46.6. The van der Waals surface area contributed by atoms with Crippen molar-refractivity contribution in [3.05, 3.63) is 11.8 Å². The molecule has 1 fully saturated rings. The zero-order valence-corrected chi connectivity index (χ0v) is 8.32. The molecule has 1 rings (SSSR count). The van der Waals surface area contributed by atoms with Gasteiger partial charge in [0.05, 0.1) is 0 Å². The minimum absolute atomic E-state index is 0.269. The van der Waals surface area contributed by atoms with E-state index in [1.54, 1.807) is 6.92 Å². The number of allylic oxidation sites excluding steroid dienone is 1. The number of hydrogen-bond acceptors (Lipinski definition) is 6. The van der Waals surface area contributed by atoms with Crippen LogP contribution in [0.2, 0.25) is 0 Å². The quantitative estimate of drug-likeness (QED) is 0.367. The lowest BCUT2D eigenvalue weighted by atomic mass is 9.97. The third-order valence-corrected chi connectivity index (χ3v) is 2.29. The molecule has 0 aromatic rings. The lowest BCUT2D eigenvalue weighted by molar-refractivity contribution is -0.278. The third-order valence-electron chi connectivity index (χ3n) is 2.29. The normalized spacial score (nSPS) is 43.0. The standard InChI is InChI=1S/C9H16O6/c1-2-3-4(10)8-6(12)5(11)7(13)9(14)15-8/h3,5-14H,2H2,1H3/t5-,6-,7+,8+,9-/m0/s1. The molecule has 5 atom stereocenters. The van der Waals surface area contributed by atoms with E-state index in [-0.39, 0.29) is 5.76 Å². The molecule has 0 aromatic carbocycles. The van der Waals surface area contributed by atoms with Crippen LogP contribution in [-0.2, 0) is 4.74 Å². The van der Waals surface area contributed by atoms with E-state index in [9.17, 15) is 20.4 Å². The highest BCUT2D eigenvalue weighted by Gasteiger charge is 2.44. The maximum Gasteiger partial charge on any atom is 0.184 e. The van der Waals surface area contributed by atoms with Gasteiger partial charge in [0, 0.05) is 0 Å². The maximum absolute atomic E-state index is 9.48. The van der Waals surface area contributed by atoms with Crippen molar-refractivity contribution in [2.75, 3.05) is 0 Å². The molecule has 0 bridgehead atoms. The Morgan fingerprint density at radius 1 is 1.13 bits per heavy atom. The molecule has 0 radical (unpaired) electrons. The molecule has 0 spiro atoms. The maximum atomic E-state index is 9.48. The second-order valence-corrected chi connectivity index (χ2v) is 3.46. The van der Waals surface area contributed by atoms with Gasteiger partial charge in [-0.2, -0.15) is 0 Å². The lowest BCUT2D eigenvalue weighted by Crippen LogP contribution is -2.57. The average molecular weight is 220 g/mol. The number of aliphatic hydroxyl groups is 5. The molecule has 1 saturated heterocycles. The Hall–Kier alpha value is -0.660. The summed E-state index contributed by atoms with van der Waals surface area (Å²) in [6, 6.07) is 0. The summed E-state index contributed by atoms with van der Waals surface area (Å²) in [5.74, 6) is -0.269. The first kappa shape index (κ1) is 12.4. The molecule has 6 heteroatoms. The number of hydrogen-bond donors (Lipinski definition) is 5. The van der Waals surface area contributed by atoms with Gasteiger partial charge in [0.2, 0.25) is 0 Å². The Labute approximate surface area is 87.0 Å². The molecule has 0 aliphatic carbocycles. The van der Waals surface area contributed by atoms with Gasteiger partial charge >= 0.3 is 0 Å². The van der Waals surface area contributed by atoms with Crippen LogP contribution in [0.15, 0.2) is 11.8 Å². The molecule has 1 heterocycles. The summed E-state index contributed by atoms with van der Waals surface area (Å²) in [6.07, 6.45) is -5.51. The minimum atomic E-state index is -1.62. The Morgan fingerprint density at radius 2 is 1.73 bits per heavy atom. The van der Waals surface area contributed by atoms with Gasteiger partial charge in [-0.25, -0.2) is 0 Å². The van der Waals surface area contributed by atoms with E-state index in [1.807, 2.05) is 0 Å². The molecule has 5 N–H and O–H groups in total. The SMILES string of the molecule is CCC=C(O)[C@H]1O[C@H](O)[C@H](O)[C@@H](O)[C@@H]1O. The van der Waals surface area contributed by atoms with Gasteiger partial charge in [0.1, 0.15) is 30.2 Å². The highest BCUT2D eigenvalue weighted by atomic mass is 16.6. The van der Waals surface area contributed by atoms with Crippen LogP contribution in [0.4, 0.5) is 0 Å². The highest BCUT2D eigenvalue weighted by Crippen LogP contribution is 2.23. The number of aliphatic hydroxyl groups excluding tert-OH is 5. The van der Waals surface area contributed by atoms with E-state index in [1.165, 1.54) is 6.08 Å². The van der Waals surface area contributed by atoms with Gasteiger partial charge < -0.3 is 30.3 Å². The van der Waals surface area contributed by atoms with Crippen LogP contribution in [0.25, 0.3) is 0 Å². The molecule has 0 unspecified atom stereocenters. The van der Waals surface area contributed by atoms with Crippen LogP contribution >= 0.6 is 0 Å².